The van der Waals surface area contributed by atoms with Crippen LogP contribution in [0.2, 0.25) is 0 Å². The largest absolute Gasteiger partial charge is 0.309 e. The lowest BCUT2D eigenvalue weighted by Crippen LogP contribution is -1.94. The van der Waals surface area contributed by atoms with Crippen LogP contribution in [-0.2, 0) is 7.05 Å². The first kappa shape index (κ1) is 11.1. The summed E-state index contributed by atoms with van der Waals surface area (Å²) in [5.74, 6) is 1.94. The molecule has 0 spiro atoms. The van der Waals surface area contributed by atoms with E-state index in [9.17, 15) is 0 Å². The second-order valence-corrected chi connectivity index (χ2v) is 4.11. The van der Waals surface area contributed by atoms with E-state index >= 15 is 0 Å². The Balaban J connectivity index is 2.25. The van der Waals surface area contributed by atoms with Gasteiger partial charge in [-0.1, -0.05) is 11.8 Å². The Hall–Kier alpha value is -1.02. The summed E-state index contributed by atoms with van der Waals surface area (Å²) < 4.78 is 1.98. The normalized spacial score (nSPS) is 10.1. The van der Waals surface area contributed by atoms with Crippen LogP contribution >= 0.6 is 11.8 Å². The summed E-state index contributed by atoms with van der Waals surface area (Å²) >= 11 is 1.70. The van der Waals surface area contributed by atoms with Crippen molar-refractivity contribution in [2.45, 2.75) is 31.3 Å². The molecule has 14 heavy (non-hydrogen) atoms. The van der Waals surface area contributed by atoms with Crippen LogP contribution in [0, 0.1) is 18.3 Å². The molecule has 0 saturated heterocycles. The van der Waals surface area contributed by atoms with Crippen LogP contribution in [0.25, 0.3) is 0 Å². The van der Waals surface area contributed by atoms with E-state index in [1.165, 1.54) is 0 Å². The van der Waals surface area contributed by atoms with Crippen molar-refractivity contribution in [1.82, 2.24) is 14.8 Å². The van der Waals surface area contributed by atoms with E-state index in [-0.39, 0.29) is 0 Å². The highest BCUT2D eigenvalue weighted by molar-refractivity contribution is 7.99. The van der Waals surface area contributed by atoms with E-state index in [1.807, 2.05) is 18.5 Å². The number of thioether (sulfide) groups is 1. The quantitative estimate of drug-likeness (QED) is 0.550. The van der Waals surface area contributed by atoms with Gasteiger partial charge in [-0.05, 0) is 19.8 Å². The number of nitrogens with zero attached hydrogens (tertiary/aromatic N) is 4. The highest BCUT2D eigenvalue weighted by Gasteiger charge is 2.04. The Morgan fingerprint density at radius 2 is 2.21 bits per heavy atom. The molecule has 0 N–H and O–H groups in total. The molecule has 0 aliphatic rings. The minimum atomic E-state index is 0.651. The minimum Gasteiger partial charge on any atom is -0.309 e. The fourth-order valence-corrected chi connectivity index (χ4v) is 1.94. The average Bonchev–Trinajstić information content (AvgIpc) is 2.49. The van der Waals surface area contributed by atoms with E-state index < -0.39 is 0 Å². The SMILES string of the molecule is Cc1nnc(SCCCCC#N)n1C. The molecule has 1 heterocycles. The Morgan fingerprint density at radius 1 is 1.43 bits per heavy atom. The molecule has 5 heteroatoms. The Bertz CT molecular complexity index is 326. The summed E-state index contributed by atoms with van der Waals surface area (Å²) in [6.45, 7) is 1.94. The van der Waals surface area contributed by atoms with Gasteiger partial charge in [0.25, 0.3) is 0 Å². The number of hydrogen-bond donors (Lipinski definition) is 0. The molecule has 0 unspecified atom stereocenters. The van der Waals surface area contributed by atoms with Gasteiger partial charge in [0.1, 0.15) is 5.82 Å². The summed E-state index contributed by atoms with van der Waals surface area (Å²) in [6.07, 6.45) is 2.68. The molecule has 0 amide bonds. The molecule has 0 aliphatic carbocycles. The molecule has 0 fully saturated rings. The van der Waals surface area contributed by atoms with Crippen LogP contribution in [0.1, 0.15) is 25.1 Å². The molecule has 1 rings (SSSR count). The maximum atomic E-state index is 8.35. The molecule has 0 aromatic carbocycles. The van der Waals surface area contributed by atoms with Crippen molar-refractivity contribution in [2.75, 3.05) is 5.75 Å². The zero-order valence-corrected chi connectivity index (χ0v) is 9.34. The number of rotatable bonds is 5. The summed E-state index contributed by atoms with van der Waals surface area (Å²) in [6, 6.07) is 2.14. The van der Waals surface area contributed by atoms with Crippen molar-refractivity contribution in [3.8, 4) is 6.07 Å². The average molecular weight is 210 g/mol. The van der Waals surface area contributed by atoms with Crippen molar-refractivity contribution in [1.29, 1.82) is 5.26 Å². The van der Waals surface area contributed by atoms with Crippen LogP contribution < -0.4 is 0 Å². The smallest absolute Gasteiger partial charge is 0.190 e. The molecule has 0 aliphatic heterocycles. The fraction of sp³-hybridized carbons (Fsp3) is 0.667. The third-order valence-corrected chi connectivity index (χ3v) is 3.07. The lowest BCUT2D eigenvalue weighted by Gasteiger charge is -1.99. The molecular formula is C9H14N4S. The van der Waals surface area contributed by atoms with E-state index in [0.717, 1.165) is 29.6 Å². The molecular weight excluding hydrogens is 196 g/mol. The molecule has 0 radical (unpaired) electrons. The van der Waals surface area contributed by atoms with E-state index in [0.29, 0.717) is 6.42 Å². The first-order chi connectivity index (χ1) is 6.75. The van der Waals surface area contributed by atoms with Gasteiger partial charge in [0, 0.05) is 19.2 Å². The standard InChI is InChI=1S/C9H14N4S/c1-8-11-12-9(13(8)2)14-7-5-3-4-6-10/h3-5,7H2,1-2H3. The monoisotopic (exact) mass is 210 g/mol. The number of unbranched alkanes of at least 4 members (excludes halogenated alkanes) is 2. The van der Waals surface area contributed by atoms with Crippen LogP contribution in [0.3, 0.4) is 0 Å². The lowest BCUT2D eigenvalue weighted by molar-refractivity contribution is 0.761. The third kappa shape index (κ3) is 3.04. The van der Waals surface area contributed by atoms with Gasteiger partial charge >= 0.3 is 0 Å². The second-order valence-electron chi connectivity index (χ2n) is 3.05. The van der Waals surface area contributed by atoms with E-state index in [1.54, 1.807) is 11.8 Å². The molecule has 4 nitrogen and oxygen atoms in total. The molecule has 0 bridgehead atoms. The van der Waals surface area contributed by atoms with Gasteiger partial charge in [-0.25, -0.2) is 0 Å². The highest BCUT2D eigenvalue weighted by Crippen LogP contribution is 2.16. The minimum absolute atomic E-state index is 0.651. The van der Waals surface area contributed by atoms with Gasteiger partial charge in [-0.2, -0.15) is 5.26 Å². The van der Waals surface area contributed by atoms with Crippen LogP contribution in [0.4, 0.5) is 0 Å². The Labute approximate surface area is 88.3 Å². The summed E-state index contributed by atoms with van der Waals surface area (Å²) in [7, 11) is 1.97. The Kier molecular flexibility index (Phi) is 4.47. The summed E-state index contributed by atoms with van der Waals surface area (Å²) in [5.41, 5.74) is 0. The number of aromatic nitrogens is 3. The van der Waals surface area contributed by atoms with Crippen molar-refractivity contribution >= 4 is 11.8 Å². The molecule has 76 valence electrons. The van der Waals surface area contributed by atoms with Gasteiger partial charge in [0.15, 0.2) is 5.16 Å². The van der Waals surface area contributed by atoms with Crippen LogP contribution in [0.15, 0.2) is 5.16 Å². The predicted molar refractivity (Wildman–Crippen MR) is 55.9 cm³/mol. The van der Waals surface area contributed by atoms with Crippen molar-refractivity contribution < 1.29 is 0 Å². The maximum Gasteiger partial charge on any atom is 0.190 e. The van der Waals surface area contributed by atoms with Gasteiger partial charge in [0.05, 0.1) is 6.07 Å². The molecule has 1 aromatic heterocycles. The molecule has 1 aromatic rings. The number of aryl methyl sites for hydroxylation is 1. The van der Waals surface area contributed by atoms with Gasteiger partial charge in [-0.15, -0.1) is 10.2 Å². The third-order valence-electron chi connectivity index (χ3n) is 1.97. The maximum absolute atomic E-state index is 8.35. The van der Waals surface area contributed by atoms with Gasteiger partial charge in [0.2, 0.25) is 0 Å². The molecule has 0 saturated carbocycles. The van der Waals surface area contributed by atoms with Crippen molar-refractivity contribution in [3.63, 3.8) is 0 Å². The predicted octanol–water partition coefficient (Wildman–Crippen LogP) is 1.91. The topological polar surface area (TPSA) is 54.5 Å². The first-order valence-corrected chi connectivity index (χ1v) is 5.60. The van der Waals surface area contributed by atoms with Crippen molar-refractivity contribution in [3.05, 3.63) is 5.82 Å². The summed E-state index contributed by atoms with van der Waals surface area (Å²) in [5, 5.41) is 17.3. The zero-order chi connectivity index (χ0) is 10.4. The zero-order valence-electron chi connectivity index (χ0n) is 8.53. The molecule has 0 atom stereocenters. The van der Waals surface area contributed by atoms with Crippen molar-refractivity contribution in [2.24, 2.45) is 7.05 Å². The lowest BCUT2D eigenvalue weighted by atomic mass is 10.3. The van der Waals surface area contributed by atoms with Crippen LogP contribution in [0.5, 0.6) is 0 Å². The summed E-state index contributed by atoms with van der Waals surface area (Å²) in [4.78, 5) is 0. The number of hydrogen-bond acceptors (Lipinski definition) is 4. The van der Waals surface area contributed by atoms with E-state index in [4.69, 9.17) is 5.26 Å². The number of nitriles is 1. The van der Waals surface area contributed by atoms with Crippen LogP contribution in [-0.4, -0.2) is 20.5 Å². The highest BCUT2D eigenvalue weighted by atomic mass is 32.2. The van der Waals surface area contributed by atoms with E-state index in [2.05, 4.69) is 16.3 Å². The van der Waals surface area contributed by atoms with Gasteiger partial charge < -0.3 is 4.57 Å². The fourth-order valence-electron chi connectivity index (χ4n) is 0.983. The van der Waals surface area contributed by atoms with Gasteiger partial charge in [-0.3, -0.25) is 0 Å². The second kappa shape index (κ2) is 5.66. The first-order valence-electron chi connectivity index (χ1n) is 4.61. The Morgan fingerprint density at radius 3 is 2.79 bits per heavy atom.